The Kier molecular flexibility index (Phi) is 5.19. The molecule has 1 aliphatic rings. The summed E-state index contributed by atoms with van der Waals surface area (Å²) in [5, 5.41) is 20.3. The van der Waals surface area contributed by atoms with Crippen LogP contribution in [0.15, 0.2) is 11.4 Å². The molecule has 1 aliphatic heterocycles. The third-order valence-electron chi connectivity index (χ3n) is 3.68. The molecule has 2 amide bonds. The predicted molar refractivity (Wildman–Crippen MR) is 79.5 cm³/mol. The van der Waals surface area contributed by atoms with Gasteiger partial charge in [0.25, 0.3) is 0 Å². The SMILES string of the molecule is CCN(CCCO)C(=O)N1CCc2sccc2C1C(=O)O. The van der Waals surface area contributed by atoms with Gasteiger partial charge in [-0.1, -0.05) is 0 Å². The Balaban J connectivity index is 2.22. The lowest BCUT2D eigenvalue weighted by atomic mass is 10.0. The number of aliphatic hydroxyl groups is 1. The first-order chi connectivity index (χ1) is 10.1. The van der Waals surface area contributed by atoms with Gasteiger partial charge in [0.1, 0.15) is 0 Å². The molecule has 2 rings (SSSR count). The largest absolute Gasteiger partial charge is 0.479 e. The van der Waals surface area contributed by atoms with E-state index in [0.29, 0.717) is 32.5 Å². The van der Waals surface area contributed by atoms with E-state index in [0.717, 1.165) is 10.4 Å². The Morgan fingerprint density at radius 1 is 1.52 bits per heavy atom. The second-order valence-electron chi connectivity index (χ2n) is 4.92. The van der Waals surface area contributed by atoms with Crippen molar-refractivity contribution in [1.29, 1.82) is 0 Å². The van der Waals surface area contributed by atoms with Crippen molar-refractivity contribution in [3.05, 3.63) is 21.9 Å². The van der Waals surface area contributed by atoms with Crippen LogP contribution in [0.3, 0.4) is 0 Å². The number of carboxylic acid groups (broad SMARTS) is 1. The molecule has 0 spiro atoms. The van der Waals surface area contributed by atoms with E-state index in [2.05, 4.69) is 0 Å². The van der Waals surface area contributed by atoms with Crippen LogP contribution in [0.5, 0.6) is 0 Å². The van der Waals surface area contributed by atoms with E-state index in [4.69, 9.17) is 5.11 Å². The van der Waals surface area contributed by atoms with Gasteiger partial charge in [-0.25, -0.2) is 9.59 Å². The summed E-state index contributed by atoms with van der Waals surface area (Å²) in [5.74, 6) is -0.999. The number of nitrogens with zero attached hydrogens (tertiary/aromatic N) is 2. The lowest BCUT2D eigenvalue weighted by molar-refractivity contribution is -0.143. The number of aliphatic carboxylic acids is 1. The molecule has 2 N–H and O–H groups in total. The quantitative estimate of drug-likeness (QED) is 0.864. The van der Waals surface area contributed by atoms with E-state index in [1.54, 1.807) is 22.3 Å². The van der Waals surface area contributed by atoms with E-state index in [9.17, 15) is 14.7 Å². The molecule has 0 saturated carbocycles. The number of carbonyl (C=O) groups excluding carboxylic acids is 1. The number of hydrogen-bond donors (Lipinski definition) is 2. The van der Waals surface area contributed by atoms with Crippen molar-refractivity contribution in [2.24, 2.45) is 0 Å². The Bertz CT molecular complexity index is 517. The van der Waals surface area contributed by atoms with Gasteiger partial charge in [0, 0.05) is 31.1 Å². The van der Waals surface area contributed by atoms with Gasteiger partial charge in [0.2, 0.25) is 0 Å². The second-order valence-corrected chi connectivity index (χ2v) is 5.92. The number of thiophene rings is 1. The van der Waals surface area contributed by atoms with E-state index >= 15 is 0 Å². The number of amides is 2. The molecule has 116 valence electrons. The van der Waals surface area contributed by atoms with E-state index in [-0.39, 0.29) is 12.6 Å². The van der Waals surface area contributed by atoms with Crippen molar-refractivity contribution >= 4 is 23.3 Å². The second kappa shape index (κ2) is 6.91. The summed E-state index contributed by atoms with van der Waals surface area (Å²) in [6.07, 6.45) is 1.19. The van der Waals surface area contributed by atoms with Crippen molar-refractivity contribution in [2.45, 2.75) is 25.8 Å². The lowest BCUT2D eigenvalue weighted by Gasteiger charge is -2.36. The molecule has 1 aromatic rings. The van der Waals surface area contributed by atoms with E-state index in [1.165, 1.54) is 4.90 Å². The number of rotatable bonds is 5. The predicted octanol–water partition coefficient (Wildman–Crippen LogP) is 1.56. The fraction of sp³-hybridized carbons (Fsp3) is 0.571. The number of aliphatic hydroxyl groups excluding tert-OH is 1. The first-order valence-corrected chi connectivity index (χ1v) is 7.93. The fourth-order valence-corrected chi connectivity index (χ4v) is 3.52. The highest BCUT2D eigenvalue weighted by molar-refractivity contribution is 7.10. The molecule has 21 heavy (non-hydrogen) atoms. The highest BCUT2D eigenvalue weighted by Gasteiger charge is 2.37. The van der Waals surface area contributed by atoms with Gasteiger partial charge < -0.3 is 20.0 Å². The number of fused-ring (bicyclic) bond motifs is 1. The first-order valence-electron chi connectivity index (χ1n) is 7.05. The van der Waals surface area contributed by atoms with Crippen molar-refractivity contribution < 1.29 is 19.8 Å². The molecule has 1 aromatic heterocycles. The first kappa shape index (κ1) is 15.8. The summed E-state index contributed by atoms with van der Waals surface area (Å²) in [6, 6.07) is 0.619. The van der Waals surface area contributed by atoms with Crippen LogP contribution in [-0.2, 0) is 11.2 Å². The number of carboxylic acids is 1. The Morgan fingerprint density at radius 2 is 2.29 bits per heavy atom. The smallest absolute Gasteiger partial charge is 0.331 e. The molecule has 0 aliphatic carbocycles. The van der Waals surface area contributed by atoms with Crippen LogP contribution >= 0.6 is 11.3 Å². The van der Waals surface area contributed by atoms with Crippen molar-refractivity contribution in [3.8, 4) is 0 Å². The summed E-state index contributed by atoms with van der Waals surface area (Å²) < 4.78 is 0. The van der Waals surface area contributed by atoms with Crippen molar-refractivity contribution in [2.75, 3.05) is 26.2 Å². The molecule has 0 bridgehead atoms. The average molecular weight is 312 g/mol. The third kappa shape index (κ3) is 3.19. The third-order valence-corrected chi connectivity index (χ3v) is 4.68. The maximum Gasteiger partial charge on any atom is 0.331 e. The van der Waals surface area contributed by atoms with Gasteiger partial charge in [-0.05, 0) is 36.8 Å². The molecular formula is C14H20N2O4S. The minimum atomic E-state index is -0.999. The highest BCUT2D eigenvalue weighted by Crippen LogP contribution is 2.34. The van der Waals surface area contributed by atoms with Crippen molar-refractivity contribution in [3.63, 3.8) is 0 Å². The van der Waals surface area contributed by atoms with Gasteiger partial charge in [0.05, 0.1) is 0 Å². The maximum absolute atomic E-state index is 12.6. The van der Waals surface area contributed by atoms with Crippen LogP contribution in [-0.4, -0.2) is 58.3 Å². The van der Waals surface area contributed by atoms with Crippen LogP contribution < -0.4 is 0 Å². The summed E-state index contributed by atoms with van der Waals surface area (Å²) >= 11 is 1.54. The normalized spacial score (nSPS) is 17.4. The van der Waals surface area contributed by atoms with Gasteiger partial charge in [-0.15, -0.1) is 11.3 Å². The minimum absolute atomic E-state index is 0.0147. The van der Waals surface area contributed by atoms with Crippen LogP contribution in [0, 0.1) is 0 Å². The topological polar surface area (TPSA) is 81.1 Å². The molecule has 2 heterocycles. The van der Waals surface area contributed by atoms with Crippen LogP contribution in [0.1, 0.15) is 29.8 Å². The zero-order chi connectivity index (χ0) is 15.4. The molecule has 1 atom stereocenters. The van der Waals surface area contributed by atoms with Gasteiger partial charge in [-0.2, -0.15) is 0 Å². The molecule has 0 saturated heterocycles. The summed E-state index contributed by atoms with van der Waals surface area (Å²) in [5.41, 5.74) is 0.727. The maximum atomic E-state index is 12.6. The standard InChI is InChI=1S/C14H20N2O4S/c1-2-15(6-3-8-17)14(20)16-7-4-11-10(5-9-21-11)12(16)13(18)19/h5,9,12,17H,2-4,6-8H2,1H3,(H,18,19). The van der Waals surface area contributed by atoms with Crippen LogP contribution in [0.25, 0.3) is 0 Å². The summed E-state index contributed by atoms with van der Waals surface area (Å²) in [6.45, 7) is 3.22. The molecule has 0 fully saturated rings. The van der Waals surface area contributed by atoms with Gasteiger partial charge >= 0.3 is 12.0 Å². The van der Waals surface area contributed by atoms with Gasteiger partial charge in [-0.3, -0.25) is 0 Å². The van der Waals surface area contributed by atoms with Crippen LogP contribution in [0.4, 0.5) is 4.79 Å². The monoisotopic (exact) mass is 312 g/mol. The fourth-order valence-electron chi connectivity index (χ4n) is 2.62. The van der Waals surface area contributed by atoms with Crippen molar-refractivity contribution in [1.82, 2.24) is 9.80 Å². The zero-order valence-corrected chi connectivity index (χ0v) is 12.8. The van der Waals surface area contributed by atoms with Crippen LogP contribution in [0.2, 0.25) is 0 Å². The Labute approximate surface area is 127 Å². The number of hydrogen-bond acceptors (Lipinski definition) is 4. The van der Waals surface area contributed by atoms with E-state index in [1.807, 2.05) is 12.3 Å². The summed E-state index contributed by atoms with van der Waals surface area (Å²) in [4.78, 5) is 28.3. The molecule has 7 heteroatoms. The molecule has 1 unspecified atom stereocenters. The minimum Gasteiger partial charge on any atom is -0.479 e. The zero-order valence-electron chi connectivity index (χ0n) is 12.0. The molecule has 0 radical (unpaired) electrons. The summed E-state index contributed by atoms with van der Waals surface area (Å²) in [7, 11) is 0. The molecule has 0 aromatic carbocycles. The number of carbonyl (C=O) groups is 2. The lowest BCUT2D eigenvalue weighted by Crippen LogP contribution is -2.49. The van der Waals surface area contributed by atoms with E-state index < -0.39 is 12.0 Å². The molecular weight excluding hydrogens is 292 g/mol. The molecule has 6 nitrogen and oxygen atoms in total. The van der Waals surface area contributed by atoms with Gasteiger partial charge in [0.15, 0.2) is 6.04 Å². The Hall–Kier alpha value is -1.60. The highest BCUT2D eigenvalue weighted by atomic mass is 32.1. The number of urea groups is 1. The Morgan fingerprint density at radius 3 is 2.90 bits per heavy atom. The average Bonchev–Trinajstić information content (AvgIpc) is 2.94.